The molecule has 2 heteroatoms. The molecule has 0 radical (unpaired) electrons. The molecule has 0 bridgehead atoms. The minimum Gasteiger partial charge on any atom is -0.348 e. The molecule has 2 aromatic carbocycles. The molecule has 0 saturated heterocycles. The second-order valence-corrected chi connectivity index (χ2v) is 4.97. The van der Waals surface area contributed by atoms with Gasteiger partial charge in [0.2, 0.25) is 0 Å². The van der Waals surface area contributed by atoms with Crippen molar-refractivity contribution in [3.63, 3.8) is 0 Å². The molecule has 0 saturated carbocycles. The number of rotatable bonds is 3. The molecule has 0 spiro atoms. The van der Waals surface area contributed by atoms with E-state index in [0.717, 1.165) is 0 Å². The number of hydrogen-bond donors (Lipinski definition) is 0. The number of hydrogen-bond acceptors (Lipinski definition) is 2. The number of nitrogens with zero attached hydrogens (tertiary/aromatic N) is 2. The van der Waals surface area contributed by atoms with Gasteiger partial charge in [-0.15, -0.1) is 0 Å². The van der Waals surface area contributed by atoms with Crippen molar-refractivity contribution in [1.29, 1.82) is 5.26 Å². The summed E-state index contributed by atoms with van der Waals surface area (Å²) in [7, 11) is 0. The van der Waals surface area contributed by atoms with Gasteiger partial charge in [-0.2, -0.15) is 5.26 Å². The van der Waals surface area contributed by atoms with Gasteiger partial charge < -0.3 is 4.90 Å². The van der Waals surface area contributed by atoms with Crippen LogP contribution in [0.2, 0.25) is 0 Å². The van der Waals surface area contributed by atoms with Crippen LogP contribution in [0.5, 0.6) is 0 Å². The summed E-state index contributed by atoms with van der Waals surface area (Å²) in [6.45, 7) is 0. The lowest BCUT2D eigenvalue weighted by molar-refractivity contribution is 0.303. The van der Waals surface area contributed by atoms with E-state index in [1.54, 1.807) is 0 Å². The summed E-state index contributed by atoms with van der Waals surface area (Å²) in [6.07, 6.45) is 7.83. The molecule has 1 heterocycles. The average Bonchev–Trinajstić information content (AvgIpc) is 2.58. The minimum absolute atomic E-state index is 0.0400. The van der Waals surface area contributed by atoms with Crippen LogP contribution in [0.15, 0.2) is 85.1 Å². The Bertz CT molecular complexity index is 641. The Morgan fingerprint density at radius 2 is 1.43 bits per heavy atom. The van der Waals surface area contributed by atoms with Crippen LogP contribution in [-0.4, -0.2) is 10.9 Å². The SMILES string of the molecule is N#CC1C=CC=CN1C(c1ccccc1)c1ccccc1. The maximum absolute atomic E-state index is 9.43. The van der Waals surface area contributed by atoms with Crippen molar-refractivity contribution in [1.82, 2.24) is 4.90 Å². The molecule has 1 aliphatic heterocycles. The zero-order valence-electron chi connectivity index (χ0n) is 11.6. The maximum Gasteiger partial charge on any atom is 0.136 e. The van der Waals surface area contributed by atoms with Gasteiger partial charge in [0.15, 0.2) is 0 Å². The van der Waals surface area contributed by atoms with Gasteiger partial charge in [0.25, 0.3) is 0 Å². The third kappa shape index (κ3) is 2.73. The topological polar surface area (TPSA) is 27.0 Å². The van der Waals surface area contributed by atoms with E-state index in [9.17, 15) is 5.26 Å². The highest BCUT2D eigenvalue weighted by molar-refractivity contribution is 5.35. The fraction of sp³-hybridized carbons (Fsp3) is 0.105. The Labute approximate surface area is 125 Å². The first-order valence-corrected chi connectivity index (χ1v) is 7.02. The van der Waals surface area contributed by atoms with Gasteiger partial charge in [-0.1, -0.05) is 66.7 Å². The molecular formula is C19H16N2. The van der Waals surface area contributed by atoms with Crippen molar-refractivity contribution in [2.24, 2.45) is 0 Å². The van der Waals surface area contributed by atoms with Gasteiger partial charge in [0.05, 0.1) is 12.1 Å². The highest BCUT2D eigenvalue weighted by Crippen LogP contribution is 2.31. The van der Waals surface area contributed by atoms with E-state index in [1.165, 1.54) is 11.1 Å². The summed E-state index contributed by atoms with van der Waals surface area (Å²) in [5.41, 5.74) is 2.37. The third-order valence-electron chi connectivity index (χ3n) is 3.64. The van der Waals surface area contributed by atoms with Crippen molar-refractivity contribution in [3.05, 3.63) is 96.2 Å². The Kier molecular flexibility index (Phi) is 3.84. The van der Waals surface area contributed by atoms with E-state index in [-0.39, 0.29) is 12.1 Å². The fourth-order valence-corrected chi connectivity index (χ4v) is 2.67. The Balaban J connectivity index is 2.07. The molecule has 1 aliphatic rings. The summed E-state index contributed by atoms with van der Waals surface area (Å²) in [5.74, 6) is 0. The summed E-state index contributed by atoms with van der Waals surface area (Å²) < 4.78 is 0. The Morgan fingerprint density at radius 1 is 0.857 bits per heavy atom. The monoisotopic (exact) mass is 272 g/mol. The average molecular weight is 272 g/mol. The van der Waals surface area contributed by atoms with Crippen LogP contribution in [0.4, 0.5) is 0 Å². The van der Waals surface area contributed by atoms with E-state index in [1.807, 2.05) is 60.8 Å². The Hall–Kier alpha value is -2.79. The normalized spacial score (nSPS) is 17.0. The van der Waals surface area contributed by atoms with Crippen molar-refractivity contribution in [2.45, 2.75) is 12.1 Å². The highest BCUT2D eigenvalue weighted by Gasteiger charge is 2.25. The molecule has 2 nitrogen and oxygen atoms in total. The summed E-state index contributed by atoms with van der Waals surface area (Å²) >= 11 is 0. The quantitative estimate of drug-likeness (QED) is 0.842. The second kappa shape index (κ2) is 6.11. The summed E-state index contributed by atoms with van der Waals surface area (Å²) in [6, 6.07) is 22.8. The molecule has 2 aromatic rings. The first kappa shape index (κ1) is 13.2. The predicted molar refractivity (Wildman–Crippen MR) is 84.2 cm³/mol. The molecule has 0 fully saturated rings. The van der Waals surface area contributed by atoms with Crippen LogP contribution in [0.3, 0.4) is 0 Å². The summed E-state index contributed by atoms with van der Waals surface area (Å²) in [5, 5.41) is 9.43. The zero-order chi connectivity index (χ0) is 14.5. The highest BCUT2D eigenvalue weighted by atomic mass is 15.2. The van der Waals surface area contributed by atoms with E-state index in [0.29, 0.717) is 0 Å². The van der Waals surface area contributed by atoms with E-state index >= 15 is 0 Å². The molecule has 0 N–H and O–H groups in total. The zero-order valence-corrected chi connectivity index (χ0v) is 11.6. The number of benzene rings is 2. The van der Waals surface area contributed by atoms with Crippen molar-refractivity contribution in [3.8, 4) is 6.07 Å². The van der Waals surface area contributed by atoms with Crippen LogP contribution < -0.4 is 0 Å². The first-order chi connectivity index (χ1) is 10.4. The molecule has 21 heavy (non-hydrogen) atoms. The molecule has 1 atom stereocenters. The van der Waals surface area contributed by atoms with Crippen molar-refractivity contribution in [2.75, 3.05) is 0 Å². The Morgan fingerprint density at radius 3 is 1.95 bits per heavy atom. The van der Waals surface area contributed by atoms with Crippen LogP contribution in [0, 0.1) is 11.3 Å². The smallest absolute Gasteiger partial charge is 0.136 e. The molecular weight excluding hydrogens is 256 g/mol. The molecule has 3 rings (SSSR count). The lowest BCUT2D eigenvalue weighted by atomic mass is 9.95. The molecule has 0 aromatic heterocycles. The standard InChI is InChI=1S/C19H16N2/c20-15-18-13-7-8-14-21(18)19(16-9-3-1-4-10-16)17-11-5-2-6-12-17/h1-14,18-19H. The first-order valence-electron chi connectivity index (χ1n) is 7.02. The van der Waals surface area contributed by atoms with E-state index in [2.05, 4.69) is 35.2 Å². The fourth-order valence-electron chi connectivity index (χ4n) is 2.67. The lowest BCUT2D eigenvalue weighted by Gasteiger charge is -2.35. The lowest BCUT2D eigenvalue weighted by Crippen LogP contribution is -2.33. The van der Waals surface area contributed by atoms with Crippen LogP contribution in [-0.2, 0) is 0 Å². The predicted octanol–water partition coefficient (Wildman–Crippen LogP) is 4.05. The third-order valence-corrected chi connectivity index (χ3v) is 3.64. The van der Waals surface area contributed by atoms with Crippen LogP contribution in [0.1, 0.15) is 17.2 Å². The van der Waals surface area contributed by atoms with Gasteiger partial charge in [-0.05, 0) is 23.3 Å². The van der Waals surface area contributed by atoms with Crippen molar-refractivity contribution < 1.29 is 0 Å². The minimum atomic E-state index is -0.250. The largest absolute Gasteiger partial charge is 0.348 e. The van der Waals surface area contributed by atoms with E-state index < -0.39 is 0 Å². The maximum atomic E-state index is 9.43. The molecule has 1 unspecified atom stereocenters. The molecule has 0 aliphatic carbocycles. The van der Waals surface area contributed by atoms with Gasteiger partial charge in [-0.25, -0.2) is 0 Å². The van der Waals surface area contributed by atoms with Crippen LogP contribution >= 0.6 is 0 Å². The molecule has 102 valence electrons. The van der Waals surface area contributed by atoms with Gasteiger partial charge in [-0.3, -0.25) is 0 Å². The number of nitriles is 1. The second-order valence-electron chi connectivity index (χ2n) is 4.97. The van der Waals surface area contributed by atoms with Crippen molar-refractivity contribution >= 4 is 0 Å². The molecule has 0 amide bonds. The van der Waals surface area contributed by atoms with Gasteiger partial charge in [0.1, 0.15) is 6.04 Å². The van der Waals surface area contributed by atoms with E-state index in [4.69, 9.17) is 0 Å². The number of allylic oxidation sites excluding steroid dienone is 2. The van der Waals surface area contributed by atoms with Gasteiger partial charge in [0, 0.05) is 6.20 Å². The summed E-state index contributed by atoms with van der Waals surface area (Å²) in [4.78, 5) is 2.10. The van der Waals surface area contributed by atoms with Crippen LogP contribution in [0.25, 0.3) is 0 Å². The van der Waals surface area contributed by atoms with Gasteiger partial charge >= 0.3 is 0 Å².